The zero-order chi connectivity index (χ0) is 15.1. The van der Waals surface area contributed by atoms with Crippen molar-refractivity contribution in [3.63, 3.8) is 0 Å². The van der Waals surface area contributed by atoms with Gasteiger partial charge in [0.05, 0.1) is 0 Å². The Bertz CT molecular complexity index is 474. The zero-order valence-corrected chi connectivity index (χ0v) is 12.8. The quantitative estimate of drug-likeness (QED) is 0.689. The van der Waals surface area contributed by atoms with E-state index in [0.717, 1.165) is 32.2 Å². The molecule has 3 N–H and O–H groups in total. The Morgan fingerprint density at radius 1 is 1.48 bits per heavy atom. The number of anilines is 1. The molecular formula is C17H26N2O2. The number of nitrogens with one attached hydrogen (secondary N) is 2. The van der Waals surface area contributed by atoms with Gasteiger partial charge in [-0.3, -0.25) is 4.79 Å². The smallest absolute Gasteiger partial charge is 0.320 e. The van der Waals surface area contributed by atoms with Crippen LogP contribution in [0.2, 0.25) is 0 Å². The van der Waals surface area contributed by atoms with Crippen LogP contribution in [0.1, 0.15) is 43.7 Å². The number of carbonyl (C=O) groups is 1. The van der Waals surface area contributed by atoms with Crippen molar-refractivity contribution in [1.29, 1.82) is 0 Å². The average Bonchev–Trinajstić information content (AvgIpc) is 2.50. The van der Waals surface area contributed by atoms with E-state index in [9.17, 15) is 9.90 Å². The van der Waals surface area contributed by atoms with Crippen LogP contribution in [0, 0.1) is 0 Å². The Morgan fingerprint density at radius 2 is 2.33 bits per heavy atom. The van der Waals surface area contributed by atoms with E-state index in [1.165, 1.54) is 23.2 Å². The van der Waals surface area contributed by atoms with Crippen molar-refractivity contribution in [2.45, 2.75) is 51.5 Å². The minimum absolute atomic E-state index is 0.413. The van der Waals surface area contributed by atoms with Gasteiger partial charge in [-0.1, -0.05) is 31.9 Å². The number of aliphatic carboxylic acids is 1. The first kappa shape index (κ1) is 15.8. The van der Waals surface area contributed by atoms with Crippen molar-refractivity contribution in [1.82, 2.24) is 5.32 Å². The largest absolute Gasteiger partial charge is 0.480 e. The highest BCUT2D eigenvalue weighted by Crippen LogP contribution is 2.22. The van der Waals surface area contributed by atoms with Crippen molar-refractivity contribution in [2.75, 3.05) is 18.4 Å². The number of benzene rings is 1. The average molecular weight is 290 g/mol. The van der Waals surface area contributed by atoms with Crippen LogP contribution >= 0.6 is 0 Å². The van der Waals surface area contributed by atoms with Crippen LogP contribution in [-0.2, 0) is 17.6 Å². The van der Waals surface area contributed by atoms with Crippen molar-refractivity contribution < 1.29 is 9.90 Å². The summed E-state index contributed by atoms with van der Waals surface area (Å²) in [5.41, 5.74) is 3.92. The number of hydrogen-bond acceptors (Lipinski definition) is 3. The maximum Gasteiger partial charge on any atom is 0.320 e. The lowest BCUT2D eigenvalue weighted by molar-refractivity contribution is -0.139. The van der Waals surface area contributed by atoms with Gasteiger partial charge in [-0.2, -0.15) is 0 Å². The second-order valence-corrected chi connectivity index (χ2v) is 5.76. The number of unbranched alkanes of at least 4 members (excludes halogenated alkanes) is 1. The van der Waals surface area contributed by atoms with Crippen LogP contribution in [0.3, 0.4) is 0 Å². The molecular weight excluding hydrogens is 264 g/mol. The summed E-state index contributed by atoms with van der Waals surface area (Å²) in [4.78, 5) is 11.2. The molecule has 21 heavy (non-hydrogen) atoms. The molecule has 1 aliphatic rings. The van der Waals surface area contributed by atoms with Gasteiger partial charge in [0, 0.05) is 12.2 Å². The molecule has 4 heteroatoms. The van der Waals surface area contributed by atoms with Gasteiger partial charge < -0.3 is 15.7 Å². The maximum atomic E-state index is 11.2. The monoisotopic (exact) mass is 290 g/mol. The van der Waals surface area contributed by atoms with E-state index in [1.807, 2.05) is 0 Å². The van der Waals surface area contributed by atoms with Gasteiger partial charge in [-0.25, -0.2) is 0 Å². The minimum atomic E-state index is -0.738. The van der Waals surface area contributed by atoms with Crippen LogP contribution in [-0.4, -0.2) is 30.2 Å². The molecule has 0 saturated heterocycles. The van der Waals surface area contributed by atoms with Gasteiger partial charge >= 0.3 is 5.97 Å². The summed E-state index contributed by atoms with van der Waals surface area (Å²) in [5, 5.41) is 15.8. The molecule has 0 saturated carbocycles. The number of fused-ring (bicyclic) bond motifs is 1. The standard InChI is InChI=1S/C17H26N2O2/c1-2-3-6-16(17(20)21)19-11-9-13-7-8-15-14(12-13)5-4-10-18-15/h7-8,12,16,18-19H,2-6,9-11H2,1H3,(H,20,21). The molecule has 0 aliphatic carbocycles. The van der Waals surface area contributed by atoms with Crippen molar-refractivity contribution in [2.24, 2.45) is 0 Å². The lowest BCUT2D eigenvalue weighted by atomic mass is 9.99. The van der Waals surface area contributed by atoms with E-state index < -0.39 is 12.0 Å². The number of hydrogen-bond donors (Lipinski definition) is 3. The number of aryl methyl sites for hydroxylation is 1. The summed E-state index contributed by atoms with van der Waals surface area (Å²) in [5.74, 6) is -0.738. The number of carboxylic acids is 1. The normalized spacial score (nSPS) is 15.1. The van der Waals surface area contributed by atoms with Crippen LogP contribution in [0.5, 0.6) is 0 Å². The zero-order valence-electron chi connectivity index (χ0n) is 12.8. The number of rotatable bonds is 8. The first-order valence-electron chi connectivity index (χ1n) is 8.02. The highest BCUT2D eigenvalue weighted by atomic mass is 16.4. The fraction of sp³-hybridized carbons (Fsp3) is 0.588. The fourth-order valence-electron chi connectivity index (χ4n) is 2.80. The van der Waals surface area contributed by atoms with Gasteiger partial charge in [0.1, 0.15) is 6.04 Å². The lowest BCUT2D eigenvalue weighted by Crippen LogP contribution is -2.37. The maximum absolute atomic E-state index is 11.2. The van der Waals surface area contributed by atoms with E-state index in [-0.39, 0.29) is 0 Å². The molecule has 1 heterocycles. The summed E-state index contributed by atoms with van der Waals surface area (Å²) in [6.45, 7) is 3.86. The van der Waals surface area contributed by atoms with E-state index in [2.05, 4.69) is 35.8 Å². The Hall–Kier alpha value is -1.55. The third kappa shape index (κ3) is 4.74. The van der Waals surface area contributed by atoms with Gasteiger partial charge in [0.25, 0.3) is 0 Å². The van der Waals surface area contributed by atoms with Gasteiger partial charge in [-0.05, 0) is 49.4 Å². The predicted octanol–water partition coefficient (Wildman–Crippen LogP) is 2.82. The molecule has 0 fully saturated rings. The summed E-state index contributed by atoms with van der Waals surface area (Å²) in [6.07, 6.45) is 5.89. The molecule has 1 aromatic rings. The van der Waals surface area contributed by atoms with Crippen LogP contribution in [0.25, 0.3) is 0 Å². The SMILES string of the molecule is CCCCC(NCCc1ccc2c(c1)CCCN2)C(=O)O. The van der Waals surface area contributed by atoms with E-state index in [0.29, 0.717) is 13.0 Å². The second-order valence-electron chi connectivity index (χ2n) is 5.76. The van der Waals surface area contributed by atoms with Crippen molar-refractivity contribution >= 4 is 11.7 Å². The molecule has 2 rings (SSSR count). The molecule has 1 aliphatic heterocycles. The Balaban J connectivity index is 1.83. The molecule has 0 aromatic heterocycles. The topological polar surface area (TPSA) is 61.4 Å². The predicted molar refractivity (Wildman–Crippen MR) is 85.9 cm³/mol. The first-order valence-corrected chi connectivity index (χ1v) is 8.02. The van der Waals surface area contributed by atoms with Crippen LogP contribution in [0.15, 0.2) is 18.2 Å². The minimum Gasteiger partial charge on any atom is -0.480 e. The van der Waals surface area contributed by atoms with Crippen molar-refractivity contribution in [3.8, 4) is 0 Å². The highest BCUT2D eigenvalue weighted by Gasteiger charge is 2.15. The van der Waals surface area contributed by atoms with Gasteiger partial charge in [0.2, 0.25) is 0 Å². The Kier molecular flexibility index (Phi) is 6.05. The molecule has 0 spiro atoms. The van der Waals surface area contributed by atoms with Crippen LogP contribution in [0.4, 0.5) is 5.69 Å². The summed E-state index contributed by atoms with van der Waals surface area (Å²) in [7, 11) is 0. The van der Waals surface area contributed by atoms with E-state index in [4.69, 9.17) is 0 Å². The first-order chi connectivity index (χ1) is 10.2. The third-order valence-electron chi connectivity index (χ3n) is 4.06. The molecule has 0 amide bonds. The van der Waals surface area contributed by atoms with Gasteiger partial charge in [0.15, 0.2) is 0 Å². The van der Waals surface area contributed by atoms with E-state index in [1.54, 1.807) is 0 Å². The molecule has 116 valence electrons. The van der Waals surface area contributed by atoms with Crippen LogP contribution < -0.4 is 10.6 Å². The molecule has 0 bridgehead atoms. The fourth-order valence-corrected chi connectivity index (χ4v) is 2.80. The number of carboxylic acid groups (broad SMARTS) is 1. The Morgan fingerprint density at radius 3 is 3.10 bits per heavy atom. The highest BCUT2D eigenvalue weighted by molar-refractivity contribution is 5.73. The second kappa shape index (κ2) is 8.03. The third-order valence-corrected chi connectivity index (χ3v) is 4.06. The molecule has 4 nitrogen and oxygen atoms in total. The van der Waals surface area contributed by atoms with E-state index >= 15 is 0 Å². The summed E-state index contributed by atoms with van der Waals surface area (Å²) >= 11 is 0. The molecule has 1 atom stereocenters. The Labute approximate surface area is 126 Å². The molecule has 1 aromatic carbocycles. The summed E-state index contributed by atoms with van der Waals surface area (Å²) < 4.78 is 0. The van der Waals surface area contributed by atoms with Gasteiger partial charge in [-0.15, -0.1) is 0 Å². The molecule has 0 radical (unpaired) electrons. The molecule has 1 unspecified atom stereocenters. The summed E-state index contributed by atoms with van der Waals surface area (Å²) in [6, 6.07) is 6.13. The lowest BCUT2D eigenvalue weighted by Gasteiger charge is -2.19. The van der Waals surface area contributed by atoms with Crippen molar-refractivity contribution in [3.05, 3.63) is 29.3 Å².